The molecule has 244 valence electrons. The summed E-state index contributed by atoms with van der Waals surface area (Å²) in [5.41, 5.74) is -3.12. The minimum atomic E-state index is -4.82. The molecule has 47 heavy (non-hydrogen) atoms. The summed E-state index contributed by atoms with van der Waals surface area (Å²) in [5.74, 6) is -12.3. The number of aryl methyl sites for hydroxylation is 1. The lowest BCUT2D eigenvalue weighted by Crippen LogP contribution is -2.25. The highest BCUT2D eigenvalue weighted by Crippen LogP contribution is 2.40. The van der Waals surface area contributed by atoms with Gasteiger partial charge in [0.2, 0.25) is 0 Å². The topological polar surface area (TPSA) is 9.23 Å². The van der Waals surface area contributed by atoms with Crippen molar-refractivity contribution in [3.8, 4) is 39.1 Å². The normalized spacial score (nSPS) is 11.6. The Bertz CT molecular complexity index is 1910. The van der Waals surface area contributed by atoms with Gasteiger partial charge in [-0.25, -0.2) is 35.1 Å². The molecule has 0 bridgehead atoms. The van der Waals surface area contributed by atoms with Gasteiger partial charge in [0.05, 0.1) is 5.56 Å². The number of rotatable bonds is 10. The molecule has 11 heteroatoms. The van der Waals surface area contributed by atoms with Crippen molar-refractivity contribution >= 4 is 0 Å². The quantitative estimate of drug-likeness (QED) is 0.107. The monoisotopic (exact) mass is 662 g/mol. The van der Waals surface area contributed by atoms with E-state index in [1.54, 1.807) is 6.07 Å². The van der Waals surface area contributed by atoms with Crippen molar-refractivity contribution in [1.82, 2.24) is 0 Å². The molecule has 0 unspecified atom stereocenters. The molecule has 5 aromatic carbocycles. The van der Waals surface area contributed by atoms with Gasteiger partial charge >= 0.3 is 6.11 Å². The molecule has 0 aliphatic heterocycles. The highest BCUT2D eigenvalue weighted by Gasteiger charge is 2.41. The standard InChI is InChI=1S/C36H24F10O/c1-2-3-4-5-19-6-9-24(27(38)12-19)20-7-10-25(28(39)13-20)22-15-32(43)35(33(44)16-22)36(45,46)47-23-17-30(41)34(31(42)18-23)21-8-11-26(37)29(40)14-21/h6-18H,2-5H2,1H3. The maximum absolute atomic E-state index is 15.1. The van der Waals surface area contributed by atoms with Crippen LogP contribution in [0.15, 0.2) is 78.9 Å². The van der Waals surface area contributed by atoms with E-state index < -0.39 is 80.6 Å². The Balaban J connectivity index is 1.39. The maximum atomic E-state index is 15.1. The summed E-state index contributed by atoms with van der Waals surface area (Å²) in [4.78, 5) is 0. The van der Waals surface area contributed by atoms with E-state index in [1.807, 2.05) is 6.92 Å². The number of alkyl halides is 2. The van der Waals surface area contributed by atoms with Gasteiger partial charge in [0.25, 0.3) is 0 Å². The van der Waals surface area contributed by atoms with Crippen LogP contribution in [0.4, 0.5) is 43.9 Å². The fourth-order valence-electron chi connectivity index (χ4n) is 5.19. The zero-order valence-corrected chi connectivity index (χ0v) is 24.5. The van der Waals surface area contributed by atoms with Crippen LogP contribution >= 0.6 is 0 Å². The first-order valence-corrected chi connectivity index (χ1v) is 14.4. The second-order valence-corrected chi connectivity index (χ2v) is 10.8. The van der Waals surface area contributed by atoms with Crippen molar-refractivity contribution < 1.29 is 48.6 Å². The zero-order chi connectivity index (χ0) is 34.0. The molecule has 0 aliphatic rings. The molecule has 0 N–H and O–H groups in total. The summed E-state index contributed by atoms with van der Waals surface area (Å²) < 4.78 is 150. The SMILES string of the molecule is CCCCCc1ccc(-c2ccc(-c3cc(F)c(C(F)(F)Oc4cc(F)c(-c5ccc(F)c(F)c5)c(F)c4)c(F)c3)c(F)c2)c(F)c1. The minimum Gasteiger partial charge on any atom is -0.429 e. The molecule has 0 aliphatic carbocycles. The van der Waals surface area contributed by atoms with Gasteiger partial charge in [-0.05, 0) is 71.5 Å². The first-order valence-electron chi connectivity index (χ1n) is 14.4. The second kappa shape index (κ2) is 13.5. The first-order chi connectivity index (χ1) is 22.3. The number of unbranched alkanes of at least 4 members (excludes halogenated alkanes) is 2. The molecule has 5 aromatic rings. The summed E-state index contributed by atoms with van der Waals surface area (Å²) in [6.45, 7) is 2.04. The van der Waals surface area contributed by atoms with Crippen LogP contribution in [0.5, 0.6) is 5.75 Å². The third kappa shape index (κ3) is 7.13. The molecule has 0 saturated carbocycles. The van der Waals surface area contributed by atoms with Gasteiger partial charge in [0.15, 0.2) is 11.6 Å². The van der Waals surface area contributed by atoms with Crippen LogP contribution in [0.2, 0.25) is 0 Å². The molecule has 0 spiro atoms. The smallest absolute Gasteiger partial charge is 0.429 e. The second-order valence-electron chi connectivity index (χ2n) is 10.8. The van der Waals surface area contributed by atoms with Crippen molar-refractivity contribution in [3.63, 3.8) is 0 Å². The molecule has 0 atom stereocenters. The summed E-state index contributed by atoms with van der Waals surface area (Å²) >= 11 is 0. The number of hydrogen-bond acceptors (Lipinski definition) is 1. The van der Waals surface area contributed by atoms with Gasteiger partial charge in [-0.15, -0.1) is 0 Å². The van der Waals surface area contributed by atoms with E-state index >= 15 is 22.0 Å². The predicted octanol–water partition coefficient (Wildman–Crippen LogP) is 11.7. The predicted molar refractivity (Wildman–Crippen MR) is 157 cm³/mol. The van der Waals surface area contributed by atoms with Crippen molar-refractivity contribution in [2.75, 3.05) is 0 Å². The Morgan fingerprint density at radius 3 is 1.66 bits per heavy atom. The summed E-state index contributed by atoms with van der Waals surface area (Å²) in [6.07, 6.45) is -1.27. The van der Waals surface area contributed by atoms with E-state index in [4.69, 9.17) is 0 Å². The van der Waals surface area contributed by atoms with Gasteiger partial charge in [-0.1, -0.05) is 50.1 Å². The van der Waals surface area contributed by atoms with E-state index in [2.05, 4.69) is 4.74 Å². The Hall–Kier alpha value is -4.80. The van der Waals surface area contributed by atoms with Gasteiger partial charge in [-0.3, -0.25) is 0 Å². The average Bonchev–Trinajstić information content (AvgIpc) is 2.98. The molecular formula is C36H24F10O. The third-order valence-electron chi connectivity index (χ3n) is 7.50. The highest BCUT2D eigenvalue weighted by molar-refractivity contribution is 5.72. The van der Waals surface area contributed by atoms with Crippen molar-refractivity contribution in [2.45, 2.75) is 38.7 Å². The molecule has 0 fully saturated rings. The van der Waals surface area contributed by atoms with Gasteiger partial charge in [-0.2, -0.15) is 8.78 Å². The van der Waals surface area contributed by atoms with Gasteiger partial charge in [0, 0.05) is 23.3 Å². The first kappa shape index (κ1) is 33.6. The van der Waals surface area contributed by atoms with Crippen LogP contribution in [0, 0.1) is 46.5 Å². The van der Waals surface area contributed by atoms with Crippen molar-refractivity contribution in [2.24, 2.45) is 0 Å². The lowest BCUT2D eigenvalue weighted by atomic mass is 9.96. The molecule has 0 amide bonds. The van der Waals surface area contributed by atoms with Crippen molar-refractivity contribution in [1.29, 1.82) is 0 Å². The molecule has 0 aromatic heterocycles. The Morgan fingerprint density at radius 1 is 0.511 bits per heavy atom. The Morgan fingerprint density at radius 2 is 1.06 bits per heavy atom. The Kier molecular flexibility index (Phi) is 9.65. The number of ether oxygens (including phenoxy) is 1. The molecule has 5 rings (SSSR count). The van der Waals surface area contributed by atoms with E-state index in [0.29, 0.717) is 30.7 Å². The summed E-state index contributed by atoms with van der Waals surface area (Å²) in [7, 11) is 0. The lowest BCUT2D eigenvalue weighted by Gasteiger charge is -2.20. The van der Waals surface area contributed by atoms with E-state index in [0.717, 1.165) is 43.0 Å². The van der Waals surface area contributed by atoms with Crippen LogP contribution in [0.25, 0.3) is 33.4 Å². The minimum absolute atomic E-state index is 0.0879. The summed E-state index contributed by atoms with van der Waals surface area (Å²) in [6, 6.07) is 11.3. The van der Waals surface area contributed by atoms with E-state index in [-0.39, 0.29) is 28.8 Å². The molecular weight excluding hydrogens is 638 g/mol. The molecule has 0 radical (unpaired) electrons. The van der Waals surface area contributed by atoms with Crippen LogP contribution in [-0.2, 0) is 12.5 Å². The van der Waals surface area contributed by atoms with Gasteiger partial charge < -0.3 is 4.74 Å². The molecule has 0 saturated heterocycles. The Labute approximate surface area is 263 Å². The number of halogens is 10. The fraction of sp³-hybridized carbons (Fsp3) is 0.167. The van der Waals surface area contributed by atoms with E-state index in [1.165, 1.54) is 18.2 Å². The number of hydrogen-bond donors (Lipinski definition) is 0. The average molecular weight is 663 g/mol. The molecule has 1 nitrogen and oxygen atoms in total. The van der Waals surface area contributed by atoms with Crippen LogP contribution in [-0.4, -0.2) is 0 Å². The largest absolute Gasteiger partial charge is 0.432 e. The molecule has 0 heterocycles. The van der Waals surface area contributed by atoms with Gasteiger partial charge in [0.1, 0.15) is 46.2 Å². The number of benzene rings is 5. The third-order valence-corrected chi connectivity index (χ3v) is 7.50. The zero-order valence-electron chi connectivity index (χ0n) is 24.5. The lowest BCUT2D eigenvalue weighted by molar-refractivity contribution is -0.189. The van der Waals surface area contributed by atoms with Crippen LogP contribution < -0.4 is 4.74 Å². The highest BCUT2D eigenvalue weighted by atomic mass is 19.3. The van der Waals surface area contributed by atoms with Crippen LogP contribution in [0.1, 0.15) is 37.3 Å². The van der Waals surface area contributed by atoms with E-state index in [9.17, 15) is 22.0 Å². The fourth-order valence-corrected chi connectivity index (χ4v) is 5.19. The van der Waals surface area contributed by atoms with Crippen LogP contribution in [0.3, 0.4) is 0 Å². The summed E-state index contributed by atoms with van der Waals surface area (Å²) in [5, 5.41) is 0. The maximum Gasteiger partial charge on any atom is 0.432 e. The van der Waals surface area contributed by atoms with Crippen molar-refractivity contribution in [3.05, 3.63) is 137 Å².